The Kier molecular flexibility index (Phi) is 7.11. The smallest absolute Gasteiger partial charge is 0.383 e. The van der Waals surface area contributed by atoms with Crippen molar-refractivity contribution in [3.05, 3.63) is 53.2 Å². The fraction of sp³-hybridized carbons (Fsp3) is 0.381. The van der Waals surface area contributed by atoms with Gasteiger partial charge in [0, 0.05) is 20.2 Å². The molecule has 0 spiro atoms. The number of nitrogens with zero attached hydrogens (tertiary/aromatic N) is 4. The highest BCUT2D eigenvalue weighted by Gasteiger charge is 2.31. The molecule has 0 atom stereocenters. The maximum atomic E-state index is 13.2. The minimum Gasteiger partial charge on any atom is -0.383 e. The Bertz CT molecular complexity index is 1020. The van der Waals surface area contributed by atoms with E-state index in [1.807, 2.05) is 19.2 Å². The number of halogens is 3. The van der Waals surface area contributed by atoms with Crippen molar-refractivity contribution >= 4 is 17.2 Å². The first-order valence-corrected chi connectivity index (χ1v) is 10.6. The lowest BCUT2D eigenvalue weighted by atomic mass is 10.2. The average Bonchev–Trinajstić information content (AvgIpc) is 3.39. The number of benzene rings is 1. The van der Waals surface area contributed by atoms with E-state index in [-0.39, 0.29) is 17.4 Å². The van der Waals surface area contributed by atoms with E-state index in [4.69, 9.17) is 4.74 Å². The van der Waals surface area contributed by atoms with Crippen molar-refractivity contribution in [2.24, 2.45) is 5.92 Å². The van der Waals surface area contributed by atoms with Crippen LogP contribution < -0.4 is 0 Å². The highest BCUT2D eigenvalue weighted by atomic mass is 32.1. The molecule has 0 aliphatic rings. The molecule has 166 valence electrons. The molecular formula is C21H23F3N4O2S. The quantitative estimate of drug-likeness (QED) is 0.495. The fourth-order valence-corrected chi connectivity index (χ4v) is 3.72. The molecule has 0 aliphatic heterocycles. The van der Waals surface area contributed by atoms with E-state index in [1.54, 1.807) is 24.1 Å². The molecule has 3 aromatic rings. The molecule has 0 bridgehead atoms. The predicted molar refractivity (Wildman–Crippen MR) is 112 cm³/mol. The lowest BCUT2D eigenvalue weighted by Gasteiger charge is -2.22. The van der Waals surface area contributed by atoms with Crippen molar-refractivity contribution in [3.63, 3.8) is 0 Å². The number of methoxy groups -OCH3 is 1. The fourth-order valence-electron chi connectivity index (χ4n) is 3.02. The van der Waals surface area contributed by atoms with E-state index in [1.165, 1.54) is 28.2 Å². The predicted octanol–water partition coefficient (Wildman–Crippen LogP) is 4.76. The summed E-state index contributed by atoms with van der Waals surface area (Å²) in [6, 6.07) is 8.39. The third kappa shape index (κ3) is 5.50. The Morgan fingerprint density at radius 2 is 2.03 bits per heavy atom. The molecule has 3 rings (SSSR count). The Balaban J connectivity index is 2.06. The van der Waals surface area contributed by atoms with Crippen molar-refractivity contribution < 1.29 is 22.7 Å². The molecule has 2 heterocycles. The summed E-state index contributed by atoms with van der Waals surface area (Å²) in [6.07, 6.45) is -4.49. The van der Waals surface area contributed by atoms with Gasteiger partial charge in [-0.3, -0.25) is 4.79 Å². The van der Waals surface area contributed by atoms with Crippen LogP contribution in [-0.2, 0) is 10.9 Å². The molecule has 1 aromatic carbocycles. The largest absolute Gasteiger partial charge is 0.416 e. The van der Waals surface area contributed by atoms with Gasteiger partial charge in [-0.05, 0) is 35.6 Å². The molecule has 0 fully saturated rings. The molecule has 10 heteroatoms. The summed E-state index contributed by atoms with van der Waals surface area (Å²) in [6.45, 7) is 5.16. The first-order chi connectivity index (χ1) is 14.7. The monoisotopic (exact) mass is 452 g/mol. The van der Waals surface area contributed by atoms with Gasteiger partial charge >= 0.3 is 6.18 Å². The maximum Gasteiger partial charge on any atom is 0.416 e. The number of rotatable bonds is 8. The summed E-state index contributed by atoms with van der Waals surface area (Å²) in [5, 5.41) is 6.13. The van der Waals surface area contributed by atoms with Crippen LogP contribution in [-0.4, -0.2) is 52.4 Å². The number of aromatic nitrogens is 3. The Morgan fingerprint density at radius 3 is 2.65 bits per heavy atom. The lowest BCUT2D eigenvalue weighted by Crippen LogP contribution is -2.37. The standard InChI is InChI=1S/C21H23F3N4O2S/c1-14(2)13-27(9-10-30-3)20(29)18-25-19(17-8-5-11-31-17)28(26-18)16-7-4-6-15(12-16)21(22,23)24/h4-8,11-12,14H,9-10,13H2,1-3H3. The molecule has 0 unspecified atom stereocenters. The van der Waals surface area contributed by atoms with Gasteiger partial charge in [-0.15, -0.1) is 16.4 Å². The van der Waals surface area contributed by atoms with Gasteiger partial charge in [-0.25, -0.2) is 9.67 Å². The van der Waals surface area contributed by atoms with E-state index in [9.17, 15) is 18.0 Å². The van der Waals surface area contributed by atoms with Crippen molar-refractivity contribution in [2.45, 2.75) is 20.0 Å². The van der Waals surface area contributed by atoms with E-state index in [0.29, 0.717) is 30.4 Å². The topological polar surface area (TPSA) is 60.2 Å². The van der Waals surface area contributed by atoms with Crippen molar-refractivity contribution in [3.8, 4) is 16.4 Å². The number of thiophene rings is 1. The second-order valence-corrected chi connectivity index (χ2v) is 8.28. The highest BCUT2D eigenvalue weighted by Crippen LogP contribution is 2.32. The summed E-state index contributed by atoms with van der Waals surface area (Å²) in [5.74, 6) is 0.0592. The summed E-state index contributed by atoms with van der Waals surface area (Å²) in [4.78, 5) is 19.8. The van der Waals surface area contributed by atoms with Crippen molar-refractivity contribution in [1.82, 2.24) is 19.7 Å². The number of hydrogen-bond acceptors (Lipinski definition) is 5. The van der Waals surface area contributed by atoms with Gasteiger partial charge in [-0.1, -0.05) is 26.0 Å². The van der Waals surface area contributed by atoms with Crippen molar-refractivity contribution in [1.29, 1.82) is 0 Å². The van der Waals surface area contributed by atoms with E-state index >= 15 is 0 Å². The number of ether oxygens (including phenoxy) is 1. The van der Waals surface area contributed by atoms with Crippen LogP contribution in [0.3, 0.4) is 0 Å². The molecule has 0 saturated heterocycles. The Hall–Kier alpha value is -2.72. The summed E-state index contributed by atoms with van der Waals surface area (Å²) in [5.41, 5.74) is -0.621. The molecule has 0 N–H and O–H groups in total. The van der Waals surface area contributed by atoms with E-state index in [2.05, 4.69) is 10.1 Å². The second kappa shape index (κ2) is 9.61. The highest BCUT2D eigenvalue weighted by molar-refractivity contribution is 7.13. The Morgan fingerprint density at radius 1 is 1.26 bits per heavy atom. The zero-order valence-electron chi connectivity index (χ0n) is 17.4. The zero-order chi connectivity index (χ0) is 22.6. The van der Waals surface area contributed by atoms with Crippen molar-refractivity contribution in [2.75, 3.05) is 26.8 Å². The average molecular weight is 453 g/mol. The maximum absolute atomic E-state index is 13.2. The van der Waals surface area contributed by atoms with Gasteiger partial charge in [0.2, 0.25) is 5.82 Å². The normalized spacial score (nSPS) is 11.8. The first-order valence-electron chi connectivity index (χ1n) is 9.67. The molecule has 31 heavy (non-hydrogen) atoms. The number of hydrogen-bond donors (Lipinski definition) is 0. The van der Waals surface area contributed by atoms with E-state index < -0.39 is 17.6 Å². The number of alkyl halides is 3. The molecular weight excluding hydrogens is 429 g/mol. The zero-order valence-corrected chi connectivity index (χ0v) is 18.2. The number of amides is 1. The van der Waals surface area contributed by atoms with Crippen LogP contribution >= 0.6 is 11.3 Å². The molecule has 1 amide bonds. The molecule has 6 nitrogen and oxygen atoms in total. The minimum absolute atomic E-state index is 0.0717. The van der Waals surface area contributed by atoms with Gasteiger partial charge in [0.05, 0.1) is 22.7 Å². The Labute approximate surface area is 182 Å². The van der Waals surface area contributed by atoms with Gasteiger partial charge in [0.15, 0.2) is 5.82 Å². The van der Waals surface area contributed by atoms with Crippen LogP contribution in [0, 0.1) is 5.92 Å². The minimum atomic E-state index is -4.49. The van der Waals surface area contributed by atoms with Crippen LogP contribution in [0.4, 0.5) is 13.2 Å². The molecule has 0 radical (unpaired) electrons. The van der Waals surface area contributed by atoms with Crippen LogP contribution in [0.2, 0.25) is 0 Å². The first kappa shape index (κ1) is 23.0. The van der Waals surface area contributed by atoms with Gasteiger partial charge in [0.1, 0.15) is 0 Å². The van der Waals surface area contributed by atoms with Crippen LogP contribution in [0.15, 0.2) is 41.8 Å². The molecule has 0 saturated carbocycles. The number of carbonyl (C=O) groups excluding carboxylic acids is 1. The van der Waals surface area contributed by atoms with Crippen LogP contribution in [0.5, 0.6) is 0 Å². The van der Waals surface area contributed by atoms with Crippen LogP contribution in [0.1, 0.15) is 30.0 Å². The second-order valence-electron chi connectivity index (χ2n) is 7.33. The SMILES string of the molecule is COCCN(CC(C)C)C(=O)c1nc(-c2cccs2)n(-c2cccc(C(F)(F)F)c2)n1. The van der Waals surface area contributed by atoms with E-state index in [0.717, 1.165) is 12.1 Å². The van der Waals surface area contributed by atoms with Crippen LogP contribution in [0.25, 0.3) is 16.4 Å². The third-order valence-electron chi connectivity index (χ3n) is 4.40. The van der Waals surface area contributed by atoms with Gasteiger partial charge in [0.25, 0.3) is 5.91 Å². The number of carbonyl (C=O) groups is 1. The third-order valence-corrected chi connectivity index (χ3v) is 5.26. The van der Waals surface area contributed by atoms with Gasteiger partial charge in [-0.2, -0.15) is 13.2 Å². The lowest BCUT2D eigenvalue weighted by molar-refractivity contribution is -0.137. The summed E-state index contributed by atoms with van der Waals surface area (Å²) >= 11 is 1.36. The summed E-state index contributed by atoms with van der Waals surface area (Å²) < 4.78 is 46.0. The summed E-state index contributed by atoms with van der Waals surface area (Å²) in [7, 11) is 1.55. The molecule has 0 aliphatic carbocycles. The van der Waals surface area contributed by atoms with Gasteiger partial charge < -0.3 is 9.64 Å². The molecule has 2 aromatic heterocycles.